The van der Waals surface area contributed by atoms with Crippen molar-refractivity contribution in [1.82, 2.24) is 0 Å². The molecule has 0 atom stereocenters. The van der Waals surface area contributed by atoms with E-state index in [1.165, 1.54) is 44.9 Å². The van der Waals surface area contributed by atoms with Crippen molar-refractivity contribution in [3.8, 4) is 0 Å². The second kappa shape index (κ2) is 16.6. The Morgan fingerprint density at radius 3 is 2.20 bits per heavy atom. The van der Waals surface area contributed by atoms with Crippen LogP contribution >= 0.6 is 12.6 Å². The third kappa shape index (κ3) is 15.6. The first-order chi connectivity index (χ1) is 9.81. The predicted octanol–water partition coefficient (Wildman–Crippen LogP) is 5.33. The molecule has 0 radical (unpaired) electrons. The largest absolute Gasteiger partial charge is 0.465 e. The minimum absolute atomic E-state index is 0.0879. The number of carbonyl (C=O) groups is 1. The molecule has 0 bridgehead atoms. The second-order valence-electron chi connectivity index (χ2n) is 5.22. The fraction of sp³-hybridized carbons (Fsp3) is 0.824. The van der Waals surface area contributed by atoms with Gasteiger partial charge in [-0.3, -0.25) is 4.79 Å². The van der Waals surface area contributed by atoms with Crippen LogP contribution in [-0.2, 0) is 9.53 Å². The fourth-order valence-corrected chi connectivity index (χ4v) is 2.13. The van der Waals surface area contributed by atoms with Crippen molar-refractivity contribution < 1.29 is 9.53 Å². The van der Waals surface area contributed by atoms with Gasteiger partial charge in [0.25, 0.3) is 0 Å². The number of hydrogen-bond acceptors (Lipinski definition) is 3. The van der Waals surface area contributed by atoms with E-state index in [4.69, 9.17) is 4.74 Å². The van der Waals surface area contributed by atoms with Crippen LogP contribution in [0.1, 0.15) is 77.6 Å². The van der Waals surface area contributed by atoms with Gasteiger partial charge < -0.3 is 4.74 Å². The molecule has 0 aromatic carbocycles. The Morgan fingerprint density at radius 2 is 1.55 bits per heavy atom. The first-order valence-electron chi connectivity index (χ1n) is 8.22. The van der Waals surface area contributed by atoms with Gasteiger partial charge in [-0.25, -0.2) is 0 Å². The standard InChI is InChI=1S/C17H32O2S/c1-2-3-4-5-6-7-8-9-10-11-12-13-14-17(18)19-15-16-20/h9-10,20H,2-8,11-16H2,1H3/b10-9+. The maximum absolute atomic E-state index is 11.2. The van der Waals surface area contributed by atoms with E-state index in [-0.39, 0.29) is 5.97 Å². The highest BCUT2D eigenvalue weighted by molar-refractivity contribution is 7.80. The molecular weight excluding hydrogens is 268 g/mol. The zero-order chi connectivity index (χ0) is 14.9. The molecule has 0 aliphatic heterocycles. The van der Waals surface area contributed by atoms with E-state index in [1.807, 2.05) is 0 Å². The quantitative estimate of drug-likeness (QED) is 0.203. The third-order valence-corrected chi connectivity index (χ3v) is 3.43. The Labute approximate surface area is 130 Å². The van der Waals surface area contributed by atoms with Crippen LogP contribution in [0, 0.1) is 0 Å². The lowest BCUT2D eigenvalue weighted by Gasteiger charge is -2.01. The summed E-state index contributed by atoms with van der Waals surface area (Å²) in [5.74, 6) is 0.516. The van der Waals surface area contributed by atoms with Gasteiger partial charge in [0.1, 0.15) is 6.61 Å². The molecule has 0 amide bonds. The lowest BCUT2D eigenvalue weighted by Crippen LogP contribution is -2.06. The summed E-state index contributed by atoms with van der Waals surface area (Å²) >= 11 is 4.00. The van der Waals surface area contributed by atoms with Gasteiger partial charge in [-0.2, -0.15) is 12.6 Å². The van der Waals surface area contributed by atoms with Crippen LogP contribution < -0.4 is 0 Å². The lowest BCUT2D eigenvalue weighted by molar-refractivity contribution is -0.143. The third-order valence-electron chi connectivity index (χ3n) is 3.25. The Hall–Kier alpha value is -0.440. The molecule has 20 heavy (non-hydrogen) atoms. The van der Waals surface area contributed by atoms with Crippen LogP contribution in [0.15, 0.2) is 12.2 Å². The highest BCUT2D eigenvalue weighted by Crippen LogP contribution is 2.08. The van der Waals surface area contributed by atoms with Crippen molar-refractivity contribution in [3.63, 3.8) is 0 Å². The lowest BCUT2D eigenvalue weighted by atomic mass is 10.1. The van der Waals surface area contributed by atoms with Crippen molar-refractivity contribution in [2.45, 2.75) is 77.6 Å². The number of ether oxygens (including phenoxy) is 1. The fourth-order valence-electron chi connectivity index (χ4n) is 2.04. The van der Waals surface area contributed by atoms with Crippen molar-refractivity contribution in [1.29, 1.82) is 0 Å². The molecule has 0 heterocycles. The number of unbranched alkanes of at least 4 members (excludes halogenated alkanes) is 8. The topological polar surface area (TPSA) is 26.3 Å². The maximum atomic E-state index is 11.2. The normalized spacial score (nSPS) is 11.1. The van der Waals surface area contributed by atoms with E-state index >= 15 is 0 Å². The van der Waals surface area contributed by atoms with Crippen LogP contribution in [0.5, 0.6) is 0 Å². The monoisotopic (exact) mass is 300 g/mol. The Balaban J connectivity index is 3.17. The SMILES string of the molecule is CCCCCCCC/C=C/CCCCC(=O)OCCS. The molecule has 0 aliphatic rings. The molecule has 2 nitrogen and oxygen atoms in total. The molecule has 0 N–H and O–H groups in total. The van der Waals surface area contributed by atoms with E-state index in [0.29, 0.717) is 18.8 Å². The molecule has 0 spiro atoms. The maximum Gasteiger partial charge on any atom is 0.305 e. The molecule has 0 saturated heterocycles. The molecular formula is C17H32O2S. The van der Waals surface area contributed by atoms with Crippen LogP contribution in [0.3, 0.4) is 0 Å². The number of rotatable bonds is 14. The van der Waals surface area contributed by atoms with Crippen molar-refractivity contribution in [3.05, 3.63) is 12.2 Å². The molecule has 0 rings (SSSR count). The predicted molar refractivity (Wildman–Crippen MR) is 90.4 cm³/mol. The summed E-state index contributed by atoms with van der Waals surface area (Å²) in [6.45, 7) is 2.68. The molecule has 0 aromatic rings. The van der Waals surface area contributed by atoms with E-state index in [2.05, 4.69) is 31.7 Å². The summed E-state index contributed by atoms with van der Waals surface area (Å²) < 4.78 is 4.96. The van der Waals surface area contributed by atoms with Crippen molar-refractivity contribution in [2.75, 3.05) is 12.4 Å². The first-order valence-corrected chi connectivity index (χ1v) is 8.86. The Bertz CT molecular complexity index is 239. The van der Waals surface area contributed by atoms with Gasteiger partial charge in [0.05, 0.1) is 0 Å². The highest BCUT2D eigenvalue weighted by Gasteiger charge is 2.00. The summed E-state index contributed by atoms with van der Waals surface area (Å²) in [5.41, 5.74) is 0. The molecule has 0 aromatic heterocycles. The Morgan fingerprint density at radius 1 is 0.950 bits per heavy atom. The first kappa shape index (κ1) is 19.6. The summed E-state index contributed by atoms with van der Waals surface area (Å²) in [7, 11) is 0. The van der Waals surface area contributed by atoms with Gasteiger partial charge >= 0.3 is 5.97 Å². The van der Waals surface area contributed by atoms with Gasteiger partial charge in [-0.1, -0.05) is 51.2 Å². The summed E-state index contributed by atoms with van der Waals surface area (Å²) in [5, 5.41) is 0. The van der Waals surface area contributed by atoms with Gasteiger partial charge in [0.2, 0.25) is 0 Å². The van der Waals surface area contributed by atoms with Gasteiger partial charge in [-0.05, 0) is 32.1 Å². The average molecular weight is 301 g/mol. The van der Waals surface area contributed by atoms with E-state index in [9.17, 15) is 4.79 Å². The zero-order valence-electron chi connectivity index (χ0n) is 13.1. The van der Waals surface area contributed by atoms with Crippen LogP contribution in [0.4, 0.5) is 0 Å². The number of thiol groups is 1. The number of esters is 1. The minimum Gasteiger partial charge on any atom is -0.465 e. The molecule has 0 saturated carbocycles. The van der Waals surface area contributed by atoms with E-state index in [0.717, 1.165) is 19.3 Å². The molecule has 3 heteroatoms. The minimum atomic E-state index is -0.0879. The number of carbonyl (C=O) groups excluding carboxylic acids is 1. The van der Waals surface area contributed by atoms with Crippen molar-refractivity contribution >= 4 is 18.6 Å². The molecule has 0 fully saturated rings. The summed E-state index contributed by atoms with van der Waals surface area (Å²) in [6.07, 6.45) is 17.5. The second-order valence-corrected chi connectivity index (χ2v) is 5.66. The van der Waals surface area contributed by atoms with E-state index < -0.39 is 0 Å². The van der Waals surface area contributed by atoms with Gasteiger partial charge in [0.15, 0.2) is 0 Å². The average Bonchev–Trinajstić information content (AvgIpc) is 2.46. The van der Waals surface area contributed by atoms with Gasteiger partial charge in [-0.15, -0.1) is 0 Å². The smallest absolute Gasteiger partial charge is 0.305 e. The molecule has 0 aliphatic carbocycles. The Kier molecular flexibility index (Phi) is 16.2. The summed E-state index contributed by atoms with van der Waals surface area (Å²) in [6, 6.07) is 0. The number of hydrogen-bond donors (Lipinski definition) is 1. The van der Waals surface area contributed by atoms with Gasteiger partial charge in [0, 0.05) is 12.2 Å². The van der Waals surface area contributed by atoms with Crippen LogP contribution in [0.2, 0.25) is 0 Å². The number of allylic oxidation sites excluding steroid dienone is 2. The molecule has 118 valence electrons. The van der Waals surface area contributed by atoms with Crippen molar-refractivity contribution in [2.24, 2.45) is 0 Å². The van der Waals surface area contributed by atoms with Crippen LogP contribution in [-0.4, -0.2) is 18.3 Å². The highest BCUT2D eigenvalue weighted by atomic mass is 32.1. The van der Waals surface area contributed by atoms with Crippen LogP contribution in [0.25, 0.3) is 0 Å². The van der Waals surface area contributed by atoms with E-state index in [1.54, 1.807) is 0 Å². The zero-order valence-corrected chi connectivity index (χ0v) is 14.0. The summed E-state index contributed by atoms with van der Waals surface area (Å²) in [4.78, 5) is 11.2. The molecule has 0 unspecified atom stereocenters.